The summed E-state index contributed by atoms with van der Waals surface area (Å²) in [4.78, 5) is 27.6. The lowest BCUT2D eigenvalue weighted by Crippen LogP contribution is -2.50. The van der Waals surface area contributed by atoms with Gasteiger partial charge in [0, 0.05) is 49.1 Å². The predicted octanol–water partition coefficient (Wildman–Crippen LogP) is 0.304. The molecule has 1 aromatic rings. The van der Waals surface area contributed by atoms with E-state index in [9.17, 15) is 9.59 Å². The summed E-state index contributed by atoms with van der Waals surface area (Å²) in [5.74, 6) is -0.853. The summed E-state index contributed by atoms with van der Waals surface area (Å²) in [6.07, 6.45) is 1.42. The van der Waals surface area contributed by atoms with Crippen LogP contribution in [-0.4, -0.2) is 53.5 Å². The van der Waals surface area contributed by atoms with Crippen molar-refractivity contribution in [1.29, 1.82) is 5.41 Å². The summed E-state index contributed by atoms with van der Waals surface area (Å²) < 4.78 is 0. The van der Waals surface area contributed by atoms with Crippen LogP contribution in [0.1, 0.15) is 15.9 Å². The first-order valence-electron chi connectivity index (χ1n) is 6.81. The third-order valence-electron chi connectivity index (χ3n) is 3.90. The second kappa shape index (κ2) is 5.05. The normalized spacial score (nSPS) is 18.4. The Morgan fingerprint density at radius 2 is 1.67 bits per heavy atom. The van der Waals surface area contributed by atoms with Gasteiger partial charge in [-0.1, -0.05) is 24.3 Å². The van der Waals surface area contributed by atoms with Crippen LogP contribution in [0.2, 0.25) is 0 Å². The molecule has 1 aliphatic carbocycles. The molecule has 0 bridgehead atoms. The zero-order valence-corrected chi connectivity index (χ0v) is 11.5. The number of carbonyl (C=O) groups excluding carboxylic acids is 2. The zero-order valence-electron chi connectivity index (χ0n) is 11.5. The van der Waals surface area contributed by atoms with E-state index in [4.69, 9.17) is 11.1 Å². The molecule has 0 unspecified atom stereocenters. The van der Waals surface area contributed by atoms with Gasteiger partial charge in [-0.15, -0.1) is 0 Å². The van der Waals surface area contributed by atoms with E-state index in [1.807, 2.05) is 12.1 Å². The molecule has 6 nitrogen and oxygen atoms in total. The number of guanidine groups is 1. The number of benzene rings is 1. The van der Waals surface area contributed by atoms with Gasteiger partial charge >= 0.3 is 0 Å². The Hall–Kier alpha value is -2.63. The lowest BCUT2D eigenvalue weighted by molar-refractivity contribution is -0.111. The molecule has 0 saturated carbocycles. The van der Waals surface area contributed by atoms with E-state index in [2.05, 4.69) is 4.90 Å². The Labute approximate surface area is 122 Å². The molecule has 1 saturated heterocycles. The number of piperazine rings is 1. The van der Waals surface area contributed by atoms with Gasteiger partial charge in [-0.25, -0.2) is 0 Å². The van der Waals surface area contributed by atoms with E-state index in [1.54, 1.807) is 17.0 Å². The van der Waals surface area contributed by atoms with Crippen LogP contribution in [0.3, 0.4) is 0 Å². The number of hydrogen-bond acceptors (Lipinski definition) is 4. The SMILES string of the molecule is N=C(N)N1CCN(C2=CC(=O)C(=O)c3ccccc32)CC1. The Balaban J connectivity index is 1.89. The Morgan fingerprint density at radius 1 is 1.05 bits per heavy atom. The first-order valence-corrected chi connectivity index (χ1v) is 6.81. The standard InChI is InChI=1S/C15H16N4O2/c16-15(17)19-7-5-18(6-8-19)12-9-13(20)14(21)11-4-2-1-3-10(11)12/h1-4,9H,5-8H2,(H3,16,17). The van der Waals surface area contributed by atoms with Crippen molar-refractivity contribution in [3.05, 3.63) is 41.5 Å². The highest BCUT2D eigenvalue weighted by molar-refractivity contribution is 6.50. The maximum absolute atomic E-state index is 11.9. The number of fused-ring (bicyclic) bond motifs is 1. The van der Waals surface area contributed by atoms with Crippen LogP contribution in [0, 0.1) is 5.41 Å². The molecule has 1 fully saturated rings. The van der Waals surface area contributed by atoms with Crippen molar-refractivity contribution in [3.63, 3.8) is 0 Å². The van der Waals surface area contributed by atoms with Crippen molar-refractivity contribution in [2.45, 2.75) is 0 Å². The van der Waals surface area contributed by atoms with Gasteiger partial charge in [0.15, 0.2) is 5.96 Å². The number of carbonyl (C=O) groups is 2. The van der Waals surface area contributed by atoms with Gasteiger partial charge in [0.25, 0.3) is 0 Å². The number of nitrogens with one attached hydrogen (secondary N) is 1. The van der Waals surface area contributed by atoms with Crippen LogP contribution in [0.5, 0.6) is 0 Å². The van der Waals surface area contributed by atoms with E-state index in [0.717, 1.165) is 11.3 Å². The molecule has 108 valence electrons. The summed E-state index contributed by atoms with van der Waals surface area (Å²) in [7, 11) is 0. The third-order valence-corrected chi connectivity index (χ3v) is 3.90. The average Bonchev–Trinajstić information content (AvgIpc) is 2.51. The number of nitrogens with two attached hydrogens (primary N) is 1. The minimum Gasteiger partial charge on any atom is -0.370 e. The second-order valence-corrected chi connectivity index (χ2v) is 5.13. The fourth-order valence-electron chi connectivity index (χ4n) is 2.75. The molecule has 0 radical (unpaired) electrons. The highest BCUT2D eigenvalue weighted by atomic mass is 16.2. The molecule has 3 rings (SSSR count). The van der Waals surface area contributed by atoms with E-state index < -0.39 is 11.6 Å². The Bertz CT molecular complexity index is 657. The van der Waals surface area contributed by atoms with Gasteiger partial charge in [0.2, 0.25) is 11.6 Å². The van der Waals surface area contributed by atoms with Gasteiger partial charge in [-0.2, -0.15) is 0 Å². The highest BCUT2D eigenvalue weighted by Crippen LogP contribution is 2.28. The molecule has 1 aliphatic heterocycles. The van der Waals surface area contributed by atoms with E-state index >= 15 is 0 Å². The molecule has 21 heavy (non-hydrogen) atoms. The van der Waals surface area contributed by atoms with Crippen LogP contribution in [0.25, 0.3) is 5.70 Å². The molecule has 0 spiro atoms. The zero-order chi connectivity index (χ0) is 15.0. The van der Waals surface area contributed by atoms with Gasteiger partial charge in [0.05, 0.1) is 0 Å². The molecular formula is C15H16N4O2. The lowest BCUT2D eigenvalue weighted by Gasteiger charge is -2.38. The van der Waals surface area contributed by atoms with Crippen molar-refractivity contribution in [3.8, 4) is 0 Å². The van der Waals surface area contributed by atoms with Gasteiger partial charge in [-0.05, 0) is 0 Å². The van der Waals surface area contributed by atoms with Crippen molar-refractivity contribution >= 4 is 23.2 Å². The van der Waals surface area contributed by atoms with E-state index in [0.29, 0.717) is 31.7 Å². The molecular weight excluding hydrogens is 268 g/mol. The van der Waals surface area contributed by atoms with Crippen LogP contribution in [-0.2, 0) is 4.79 Å². The molecule has 1 aromatic carbocycles. The maximum atomic E-state index is 11.9. The molecule has 2 aliphatic rings. The summed E-state index contributed by atoms with van der Waals surface area (Å²) >= 11 is 0. The van der Waals surface area contributed by atoms with E-state index in [1.165, 1.54) is 6.08 Å². The van der Waals surface area contributed by atoms with Crippen LogP contribution < -0.4 is 5.73 Å². The molecule has 0 atom stereocenters. The fraction of sp³-hybridized carbons (Fsp3) is 0.267. The van der Waals surface area contributed by atoms with Crippen molar-refractivity contribution in [1.82, 2.24) is 9.80 Å². The minimum atomic E-state index is -0.474. The summed E-state index contributed by atoms with van der Waals surface area (Å²) in [5, 5.41) is 7.45. The highest BCUT2D eigenvalue weighted by Gasteiger charge is 2.29. The Morgan fingerprint density at radius 3 is 2.29 bits per heavy atom. The van der Waals surface area contributed by atoms with Gasteiger partial charge in [-0.3, -0.25) is 15.0 Å². The molecule has 0 amide bonds. The molecule has 1 heterocycles. The summed E-state index contributed by atoms with van der Waals surface area (Å²) in [6, 6.07) is 7.18. The minimum absolute atomic E-state index is 0.0685. The first-order chi connectivity index (χ1) is 10.1. The van der Waals surface area contributed by atoms with E-state index in [-0.39, 0.29) is 5.96 Å². The van der Waals surface area contributed by atoms with Gasteiger partial charge in [0.1, 0.15) is 0 Å². The smallest absolute Gasteiger partial charge is 0.233 e. The monoisotopic (exact) mass is 284 g/mol. The summed E-state index contributed by atoms with van der Waals surface area (Å²) in [5.41, 5.74) is 7.55. The second-order valence-electron chi connectivity index (χ2n) is 5.13. The van der Waals surface area contributed by atoms with Crippen LogP contribution in [0.15, 0.2) is 30.3 Å². The quantitative estimate of drug-likeness (QED) is 0.440. The predicted molar refractivity (Wildman–Crippen MR) is 78.8 cm³/mol. The lowest BCUT2D eigenvalue weighted by atomic mass is 9.92. The summed E-state index contributed by atoms with van der Waals surface area (Å²) in [6.45, 7) is 2.61. The molecule has 0 aromatic heterocycles. The Kier molecular flexibility index (Phi) is 3.21. The van der Waals surface area contributed by atoms with Crippen molar-refractivity contribution in [2.24, 2.45) is 5.73 Å². The van der Waals surface area contributed by atoms with Crippen molar-refractivity contribution in [2.75, 3.05) is 26.2 Å². The number of hydrogen-bond donors (Lipinski definition) is 2. The fourth-order valence-corrected chi connectivity index (χ4v) is 2.75. The first kappa shape index (κ1) is 13.4. The largest absolute Gasteiger partial charge is 0.370 e. The average molecular weight is 284 g/mol. The number of nitrogens with zero attached hydrogens (tertiary/aromatic N) is 2. The number of Topliss-reactive ketones (excluding diaryl/α,β-unsaturated/α-hetero) is 1. The molecule has 3 N–H and O–H groups in total. The topological polar surface area (TPSA) is 90.5 Å². The van der Waals surface area contributed by atoms with Crippen LogP contribution >= 0.6 is 0 Å². The van der Waals surface area contributed by atoms with Crippen LogP contribution in [0.4, 0.5) is 0 Å². The van der Waals surface area contributed by atoms with Crippen molar-refractivity contribution < 1.29 is 9.59 Å². The number of ketones is 2. The number of allylic oxidation sites excluding steroid dienone is 1. The van der Waals surface area contributed by atoms with Gasteiger partial charge < -0.3 is 15.5 Å². The number of rotatable bonds is 1. The third kappa shape index (κ3) is 2.29. The maximum Gasteiger partial charge on any atom is 0.233 e. The molecule has 6 heteroatoms.